The molecule has 0 radical (unpaired) electrons. The van der Waals surface area contributed by atoms with E-state index in [-0.39, 0.29) is 0 Å². The number of rotatable bonds is 5. The summed E-state index contributed by atoms with van der Waals surface area (Å²) in [5, 5.41) is 4.76. The van der Waals surface area contributed by atoms with E-state index < -0.39 is 0 Å². The largest absolute Gasteiger partial charge is 0.398 e. The van der Waals surface area contributed by atoms with E-state index in [1.807, 2.05) is 54.6 Å². The van der Waals surface area contributed by atoms with Gasteiger partial charge in [0.25, 0.3) is 0 Å². The molecule has 3 rings (SSSR count). The Morgan fingerprint density at radius 1 is 0.833 bits per heavy atom. The van der Waals surface area contributed by atoms with Gasteiger partial charge in [0.2, 0.25) is 0 Å². The summed E-state index contributed by atoms with van der Waals surface area (Å²) in [6, 6.07) is 21.7. The lowest BCUT2D eigenvalue weighted by molar-refractivity contribution is 1.14. The van der Waals surface area contributed by atoms with Crippen LogP contribution in [0.1, 0.15) is 16.7 Å². The van der Waals surface area contributed by atoms with Gasteiger partial charge < -0.3 is 11.1 Å². The first kappa shape index (κ1) is 16.7. The van der Waals surface area contributed by atoms with Crippen molar-refractivity contribution in [2.45, 2.75) is 13.0 Å². The summed E-state index contributed by atoms with van der Waals surface area (Å²) < 4.78 is 0. The average molecular weight is 357 g/mol. The summed E-state index contributed by atoms with van der Waals surface area (Å²) in [6.07, 6.45) is 0.707. The summed E-state index contributed by atoms with van der Waals surface area (Å²) >= 11 is 12.6. The van der Waals surface area contributed by atoms with E-state index in [4.69, 9.17) is 28.9 Å². The quantitative estimate of drug-likeness (QED) is 0.568. The molecule has 0 atom stereocenters. The fraction of sp³-hybridized carbons (Fsp3) is 0.100. The van der Waals surface area contributed by atoms with Crippen molar-refractivity contribution in [3.8, 4) is 0 Å². The molecule has 0 heterocycles. The van der Waals surface area contributed by atoms with Crippen molar-refractivity contribution in [2.24, 2.45) is 0 Å². The molecule has 122 valence electrons. The minimum Gasteiger partial charge on any atom is -0.398 e. The van der Waals surface area contributed by atoms with Gasteiger partial charge in [-0.3, -0.25) is 0 Å². The first-order valence-electron chi connectivity index (χ1n) is 7.72. The van der Waals surface area contributed by atoms with Crippen LogP contribution < -0.4 is 11.1 Å². The molecule has 3 aromatic rings. The van der Waals surface area contributed by atoms with E-state index in [1.165, 1.54) is 5.56 Å². The molecule has 3 N–H and O–H groups in total. The van der Waals surface area contributed by atoms with Gasteiger partial charge >= 0.3 is 0 Å². The fourth-order valence-electron chi connectivity index (χ4n) is 2.60. The van der Waals surface area contributed by atoms with Crippen LogP contribution in [0.4, 0.5) is 11.4 Å². The lowest BCUT2D eigenvalue weighted by Crippen LogP contribution is -2.04. The third-order valence-corrected chi connectivity index (χ3v) is 4.54. The second-order valence-electron chi connectivity index (χ2n) is 5.64. The SMILES string of the molecule is Nc1ccc(NCc2cccc(Cl)c2)c(Cl)c1Cc1ccccc1. The highest BCUT2D eigenvalue weighted by atomic mass is 35.5. The van der Waals surface area contributed by atoms with Crippen molar-refractivity contribution in [3.63, 3.8) is 0 Å². The normalized spacial score (nSPS) is 10.6. The average Bonchev–Trinajstić information content (AvgIpc) is 2.59. The van der Waals surface area contributed by atoms with Crippen molar-refractivity contribution >= 4 is 34.6 Å². The Labute approximate surface area is 152 Å². The Balaban J connectivity index is 1.80. The molecule has 0 unspecified atom stereocenters. The molecule has 0 bridgehead atoms. The number of benzene rings is 3. The number of nitrogens with two attached hydrogens (primary N) is 1. The molecule has 2 nitrogen and oxygen atoms in total. The van der Waals surface area contributed by atoms with Gasteiger partial charge in [-0.2, -0.15) is 0 Å². The zero-order valence-electron chi connectivity index (χ0n) is 13.1. The molecule has 0 saturated carbocycles. The number of nitrogen functional groups attached to an aromatic ring is 1. The first-order chi connectivity index (χ1) is 11.6. The highest BCUT2D eigenvalue weighted by Crippen LogP contribution is 2.32. The Kier molecular flexibility index (Phi) is 5.29. The number of nitrogens with one attached hydrogen (secondary N) is 1. The van der Waals surface area contributed by atoms with Crippen molar-refractivity contribution in [1.29, 1.82) is 0 Å². The number of halogens is 2. The summed E-state index contributed by atoms with van der Waals surface area (Å²) in [5.74, 6) is 0. The monoisotopic (exact) mass is 356 g/mol. The predicted octanol–water partition coefficient (Wildman–Crippen LogP) is 5.78. The maximum absolute atomic E-state index is 6.59. The van der Waals surface area contributed by atoms with Gasteiger partial charge in [-0.1, -0.05) is 65.7 Å². The van der Waals surface area contributed by atoms with Gasteiger partial charge in [-0.05, 0) is 35.4 Å². The van der Waals surface area contributed by atoms with Crippen LogP contribution in [0.15, 0.2) is 66.7 Å². The number of anilines is 2. The van der Waals surface area contributed by atoms with Crippen LogP contribution in [-0.2, 0) is 13.0 Å². The molecule has 0 aliphatic rings. The zero-order valence-corrected chi connectivity index (χ0v) is 14.6. The third-order valence-electron chi connectivity index (χ3n) is 3.88. The van der Waals surface area contributed by atoms with E-state index in [9.17, 15) is 0 Å². The molecule has 0 aliphatic carbocycles. The zero-order chi connectivity index (χ0) is 16.9. The molecule has 4 heteroatoms. The standard InChI is InChI=1S/C20H18Cl2N2/c21-16-8-4-7-15(11-16)13-24-19-10-9-18(23)17(20(19)22)12-14-5-2-1-3-6-14/h1-11,24H,12-13,23H2. The van der Waals surface area contributed by atoms with E-state index >= 15 is 0 Å². The maximum atomic E-state index is 6.59. The van der Waals surface area contributed by atoms with E-state index in [0.29, 0.717) is 23.7 Å². The third kappa shape index (κ3) is 4.02. The lowest BCUT2D eigenvalue weighted by atomic mass is 10.0. The summed E-state index contributed by atoms with van der Waals surface area (Å²) in [7, 11) is 0. The van der Waals surface area contributed by atoms with Crippen LogP contribution in [0.3, 0.4) is 0 Å². The second kappa shape index (κ2) is 7.61. The van der Waals surface area contributed by atoms with Crippen LogP contribution in [0, 0.1) is 0 Å². The van der Waals surface area contributed by atoms with Crippen molar-refractivity contribution < 1.29 is 0 Å². The Morgan fingerprint density at radius 3 is 2.33 bits per heavy atom. The number of hydrogen-bond donors (Lipinski definition) is 2. The lowest BCUT2D eigenvalue weighted by Gasteiger charge is -2.14. The van der Waals surface area contributed by atoms with Crippen LogP contribution in [0.25, 0.3) is 0 Å². The molecule has 0 amide bonds. The minimum atomic E-state index is 0.648. The van der Waals surface area contributed by atoms with Crippen LogP contribution in [-0.4, -0.2) is 0 Å². The fourth-order valence-corrected chi connectivity index (χ4v) is 3.12. The van der Waals surface area contributed by atoms with E-state index in [1.54, 1.807) is 0 Å². The molecule has 0 aromatic heterocycles. The van der Waals surface area contributed by atoms with Crippen LogP contribution in [0.2, 0.25) is 10.0 Å². The Hall–Kier alpha value is -2.16. The van der Waals surface area contributed by atoms with Crippen molar-refractivity contribution in [3.05, 3.63) is 93.5 Å². The summed E-state index contributed by atoms with van der Waals surface area (Å²) in [6.45, 7) is 0.648. The van der Waals surface area contributed by atoms with Gasteiger partial charge in [0, 0.05) is 29.2 Å². The maximum Gasteiger partial charge on any atom is 0.0693 e. The molecular weight excluding hydrogens is 339 g/mol. The van der Waals surface area contributed by atoms with Gasteiger partial charge in [0.05, 0.1) is 10.7 Å². The topological polar surface area (TPSA) is 38.0 Å². The molecule has 0 aliphatic heterocycles. The second-order valence-corrected chi connectivity index (χ2v) is 6.46. The smallest absolute Gasteiger partial charge is 0.0693 e. The number of hydrogen-bond acceptors (Lipinski definition) is 2. The van der Waals surface area contributed by atoms with Gasteiger partial charge in [-0.25, -0.2) is 0 Å². The van der Waals surface area contributed by atoms with Crippen molar-refractivity contribution in [1.82, 2.24) is 0 Å². The van der Waals surface area contributed by atoms with Crippen LogP contribution >= 0.6 is 23.2 Å². The first-order valence-corrected chi connectivity index (χ1v) is 8.48. The summed E-state index contributed by atoms with van der Waals surface area (Å²) in [5.41, 5.74) is 10.9. The van der Waals surface area contributed by atoms with Gasteiger partial charge in [0.1, 0.15) is 0 Å². The van der Waals surface area contributed by atoms with Crippen LogP contribution in [0.5, 0.6) is 0 Å². The highest BCUT2D eigenvalue weighted by Gasteiger charge is 2.11. The summed E-state index contributed by atoms with van der Waals surface area (Å²) in [4.78, 5) is 0. The van der Waals surface area contributed by atoms with E-state index in [0.717, 1.165) is 21.8 Å². The highest BCUT2D eigenvalue weighted by molar-refractivity contribution is 6.34. The van der Waals surface area contributed by atoms with Crippen molar-refractivity contribution in [2.75, 3.05) is 11.1 Å². The molecular formula is C20H18Cl2N2. The predicted molar refractivity (Wildman–Crippen MR) is 104 cm³/mol. The molecule has 0 saturated heterocycles. The molecule has 3 aromatic carbocycles. The molecule has 24 heavy (non-hydrogen) atoms. The van der Waals surface area contributed by atoms with Gasteiger partial charge in [-0.15, -0.1) is 0 Å². The molecule has 0 spiro atoms. The Bertz CT molecular complexity index is 832. The Morgan fingerprint density at radius 2 is 1.58 bits per heavy atom. The molecule has 0 fully saturated rings. The minimum absolute atomic E-state index is 0.648. The van der Waals surface area contributed by atoms with E-state index in [2.05, 4.69) is 17.4 Å². The van der Waals surface area contributed by atoms with Gasteiger partial charge in [0.15, 0.2) is 0 Å².